The molecule has 0 radical (unpaired) electrons. The van der Waals surface area contributed by atoms with Gasteiger partial charge >= 0.3 is 5.69 Å². The lowest BCUT2D eigenvalue weighted by Gasteiger charge is -2.06. The van der Waals surface area contributed by atoms with Gasteiger partial charge in [0.05, 0.1) is 17.5 Å². The third kappa shape index (κ3) is 3.71. The second kappa shape index (κ2) is 7.12. The molecule has 0 spiro atoms. The smallest absolute Gasteiger partial charge is 0.326 e. The van der Waals surface area contributed by atoms with Gasteiger partial charge in [0, 0.05) is 13.1 Å². The molecule has 1 aromatic heterocycles. The number of carbonyl (C=O) groups is 1. The molecule has 0 bridgehead atoms. The summed E-state index contributed by atoms with van der Waals surface area (Å²) in [5.74, 6) is -0.434. The Morgan fingerprint density at radius 2 is 1.88 bits per heavy atom. The number of aromatic amines is 1. The number of hydrogen-bond acceptors (Lipinski definition) is 2. The molecule has 0 aliphatic carbocycles. The number of benzene rings is 2. The molecule has 3 rings (SSSR count). The van der Waals surface area contributed by atoms with Crippen LogP contribution >= 0.6 is 0 Å². The van der Waals surface area contributed by atoms with Crippen LogP contribution in [0.1, 0.15) is 12.0 Å². The SMILES string of the molecule is O=C(Cc1ccc(F)cc1)NCCCn1c(=O)[nH]c2ccccc21. The van der Waals surface area contributed by atoms with Gasteiger partial charge in [0.2, 0.25) is 5.91 Å². The number of aryl methyl sites for hydroxylation is 1. The van der Waals surface area contributed by atoms with Gasteiger partial charge in [0.1, 0.15) is 5.82 Å². The summed E-state index contributed by atoms with van der Waals surface area (Å²) >= 11 is 0. The van der Waals surface area contributed by atoms with Gasteiger partial charge < -0.3 is 10.3 Å². The molecule has 0 aliphatic rings. The van der Waals surface area contributed by atoms with Crippen LogP contribution in [0, 0.1) is 5.82 Å². The average Bonchev–Trinajstić information content (AvgIpc) is 2.89. The molecular formula is C18H18FN3O2. The predicted molar refractivity (Wildman–Crippen MR) is 90.3 cm³/mol. The van der Waals surface area contributed by atoms with Gasteiger partial charge in [-0.1, -0.05) is 24.3 Å². The molecule has 5 nitrogen and oxygen atoms in total. The normalized spacial score (nSPS) is 10.9. The van der Waals surface area contributed by atoms with Crippen molar-refractivity contribution >= 4 is 16.9 Å². The molecule has 124 valence electrons. The molecule has 0 unspecified atom stereocenters. The molecule has 2 aromatic carbocycles. The number of hydrogen-bond donors (Lipinski definition) is 2. The zero-order valence-corrected chi connectivity index (χ0v) is 13.1. The van der Waals surface area contributed by atoms with Crippen molar-refractivity contribution in [3.63, 3.8) is 0 Å². The molecule has 3 aromatic rings. The van der Waals surface area contributed by atoms with Crippen LogP contribution in [0.3, 0.4) is 0 Å². The Balaban J connectivity index is 1.49. The number of aromatic nitrogens is 2. The number of para-hydroxylation sites is 2. The lowest BCUT2D eigenvalue weighted by molar-refractivity contribution is -0.120. The highest BCUT2D eigenvalue weighted by Crippen LogP contribution is 2.09. The maximum Gasteiger partial charge on any atom is 0.326 e. The standard InChI is InChI=1S/C18H18FN3O2/c19-14-8-6-13(7-9-14)12-17(23)20-10-3-11-22-16-5-2-1-4-15(16)21-18(22)24/h1-2,4-9H,3,10-12H2,(H,20,23)(H,21,24). The number of halogens is 1. The van der Waals surface area contributed by atoms with Gasteiger partial charge in [-0.05, 0) is 36.2 Å². The second-order valence-electron chi connectivity index (χ2n) is 5.61. The molecule has 6 heteroatoms. The molecule has 0 saturated carbocycles. The Hall–Kier alpha value is -2.89. The molecule has 0 aliphatic heterocycles. The first kappa shape index (κ1) is 16.0. The van der Waals surface area contributed by atoms with E-state index < -0.39 is 0 Å². The van der Waals surface area contributed by atoms with Crippen LogP contribution < -0.4 is 11.0 Å². The minimum atomic E-state index is -0.316. The van der Waals surface area contributed by atoms with Crippen molar-refractivity contribution in [1.82, 2.24) is 14.9 Å². The fourth-order valence-corrected chi connectivity index (χ4v) is 2.64. The summed E-state index contributed by atoms with van der Waals surface area (Å²) in [7, 11) is 0. The molecule has 1 amide bonds. The van der Waals surface area contributed by atoms with Crippen molar-refractivity contribution in [1.29, 1.82) is 0 Å². The lowest BCUT2D eigenvalue weighted by Crippen LogP contribution is -2.27. The summed E-state index contributed by atoms with van der Waals surface area (Å²) in [6, 6.07) is 13.4. The summed E-state index contributed by atoms with van der Waals surface area (Å²) in [4.78, 5) is 26.6. The van der Waals surface area contributed by atoms with Crippen LogP contribution in [0.15, 0.2) is 53.3 Å². The number of H-pyrrole nitrogens is 1. The molecule has 1 heterocycles. The number of carbonyl (C=O) groups excluding carboxylic acids is 1. The average molecular weight is 327 g/mol. The number of fused-ring (bicyclic) bond motifs is 1. The molecule has 0 atom stereocenters. The highest BCUT2D eigenvalue weighted by atomic mass is 19.1. The number of rotatable bonds is 6. The van der Waals surface area contributed by atoms with Crippen LogP contribution in [-0.4, -0.2) is 22.0 Å². The maximum absolute atomic E-state index is 12.8. The van der Waals surface area contributed by atoms with E-state index in [2.05, 4.69) is 10.3 Å². The van der Waals surface area contributed by atoms with Crippen LogP contribution in [0.25, 0.3) is 11.0 Å². The molecule has 0 saturated heterocycles. The molecular weight excluding hydrogens is 309 g/mol. The first-order chi connectivity index (χ1) is 11.6. The number of nitrogens with one attached hydrogen (secondary N) is 2. The number of imidazole rings is 1. The Bertz CT molecular complexity index is 897. The lowest BCUT2D eigenvalue weighted by atomic mass is 10.1. The summed E-state index contributed by atoms with van der Waals surface area (Å²) in [5, 5.41) is 2.82. The number of nitrogens with zero attached hydrogens (tertiary/aromatic N) is 1. The van der Waals surface area contributed by atoms with Gasteiger partial charge in [-0.3, -0.25) is 9.36 Å². The van der Waals surface area contributed by atoms with Gasteiger partial charge in [-0.25, -0.2) is 9.18 Å². The Labute approximate surface area is 138 Å². The van der Waals surface area contributed by atoms with Crippen molar-refractivity contribution in [3.8, 4) is 0 Å². The Kier molecular flexibility index (Phi) is 4.74. The van der Waals surface area contributed by atoms with Crippen molar-refractivity contribution in [2.24, 2.45) is 0 Å². The predicted octanol–water partition coefficient (Wildman–Crippen LogP) is 2.22. The summed E-state index contributed by atoms with van der Waals surface area (Å²) < 4.78 is 14.5. The van der Waals surface area contributed by atoms with Crippen molar-refractivity contribution < 1.29 is 9.18 Å². The van der Waals surface area contributed by atoms with Gasteiger partial charge in [-0.15, -0.1) is 0 Å². The Morgan fingerprint density at radius 3 is 2.67 bits per heavy atom. The third-order valence-corrected chi connectivity index (χ3v) is 3.84. The van der Waals surface area contributed by atoms with E-state index >= 15 is 0 Å². The van der Waals surface area contributed by atoms with E-state index in [0.29, 0.717) is 19.5 Å². The van der Waals surface area contributed by atoms with Crippen LogP contribution in [0.2, 0.25) is 0 Å². The van der Waals surface area contributed by atoms with Crippen LogP contribution in [0.5, 0.6) is 0 Å². The van der Waals surface area contributed by atoms with E-state index in [4.69, 9.17) is 0 Å². The fourth-order valence-electron chi connectivity index (χ4n) is 2.64. The topological polar surface area (TPSA) is 66.9 Å². The first-order valence-corrected chi connectivity index (χ1v) is 7.82. The van der Waals surface area contributed by atoms with Gasteiger partial charge in [0.25, 0.3) is 0 Å². The second-order valence-corrected chi connectivity index (χ2v) is 5.61. The van der Waals surface area contributed by atoms with Crippen LogP contribution in [-0.2, 0) is 17.8 Å². The molecule has 24 heavy (non-hydrogen) atoms. The van der Waals surface area contributed by atoms with E-state index in [9.17, 15) is 14.0 Å². The molecule has 2 N–H and O–H groups in total. The highest BCUT2D eigenvalue weighted by molar-refractivity contribution is 5.78. The van der Waals surface area contributed by atoms with Crippen molar-refractivity contribution in [3.05, 3.63) is 70.4 Å². The monoisotopic (exact) mass is 327 g/mol. The number of amides is 1. The summed E-state index contributed by atoms with van der Waals surface area (Å²) in [6.07, 6.45) is 0.865. The zero-order chi connectivity index (χ0) is 16.9. The summed E-state index contributed by atoms with van der Waals surface area (Å²) in [6.45, 7) is 1.01. The highest BCUT2D eigenvalue weighted by Gasteiger charge is 2.06. The van der Waals surface area contributed by atoms with Gasteiger partial charge in [-0.2, -0.15) is 0 Å². The van der Waals surface area contributed by atoms with E-state index in [1.807, 2.05) is 24.3 Å². The van der Waals surface area contributed by atoms with Crippen molar-refractivity contribution in [2.45, 2.75) is 19.4 Å². The molecule has 0 fully saturated rings. The first-order valence-electron chi connectivity index (χ1n) is 7.82. The van der Waals surface area contributed by atoms with Gasteiger partial charge in [0.15, 0.2) is 0 Å². The minimum Gasteiger partial charge on any atom is -0.356 e. The maximum atomic E-state index is 12.8. The summed E-state index contributed by atoms with van der Waals surface area (Å²) in [5.41, 5.74) is 2.29. The quantitative estimate of drug-likeness (QED) is 0.682. The van der Waals surface area contributed by atoms with E-state index in [1.165, 1.54) is 12.1 Å². The third-order valence-electron chi connectivity index (χ3n) is 3.84. The van der Waals surface area contributed by atoms with E-state index in [0.717, 1.165) is 16.6 Å². The Morgan fingerprint density at radius 1 is 1.12 bits per heavy atom. The van der Waals surface area contributed by atoms with Crippen molar-refractivity contribution in [2.75, 3.05) is 6.54 Å². The minimum absolute atomic E-state index is 0.118. The fraction of sp³-hybridized carbons (Fsp3) is 0.222. The largest absolute Gasteiger partial charge is 0.356 e. The van der Waals surface area contributed by atoms with E-state index in [1.54, 1.807) is 16.7 Å². The van der Waals surface area contributed by atoms with Crippen LogP contribution in [0.4, 0.5) is 4.39 Å². The van der Waals surface area contributed by atoms with E-state index in [-0.39, 0.29) is 23.8 Å². The zero-order valence-electron chi connectivity index (χ0n) is 13.1.